The molecule has 0 bridgehead atoms. The molecule has 0 saturated carbocycles. The topological polar surface area (TPSA) is 111 Å². The fourth-order valence-electron chi connectivity index (χ4n) is 4.90. The van der Waals surface area contributed by atoms with Crippen LogP contribution in [-0.2, 0) is 0 Å². The number of hydrogen-bond acceptors (Lipinski definition) is 5. The molecule has 3 aromatic heterocycles. The lowest BCUT2D eigenvalue weighted by Gasteiger charge is -2.19. The van der Waals surface area contributed by atoms with Crippen LogP contribution in [-0.4, -0.2) is 39.2 Å². The summed E-state index contributed by atoms with van der Waals surface area (Å²) in [5, 5.41) is 13.1. The molecule has 0 radical (unpaired) electrons. The molecular weight excluding hydrogens is 402 g/mol. The lowest BCUT2D eigenvalue weighted by atomic mass is 9.98. The van der Waals surface area contributed by atoms with Crippen LogP contribution in [0.1, 0.15) is 12.0 Å². The molecule has 1 fully saturated rings. The summed E-state index contributed by atoms with van der Waals surface area (Å²) in [7, 11) is 0. The smallest absolute Gasteiger partial charge is 0.258 e. The molecule has 0 aliphatic carbocycles. The number of anilines is 1. The summed E-state index contributed by atoms with van der Waals surface area (Å²) in [4.78, 5) is 26.8. The first-order valence-electron chi connectivity index (χ1n) is 10.8. The number of rotatable bonds is 2. The number of phenols is 1. The second-order valence-electron chi connectivity index (χ2n) is 8.63. The first-order valence-corrected chi connectivity index (χ1v) is 10.8. The molecule has 6 rings (SSSR count). The van der Waals surface area contributed by atoms with Crippen molar-refractivity contribution in [2.24, 2.45) is 5.73 Å². The molecule has 4 heterocycles. The van der Waals surface area contributed by atoms with Crippen molar-refractivity contribution in [3.63, 3.8) is 0 Å². The molecule has 0 unspecified atom stereocenters. The number of nitrogens with two attached hydrogens (primary N) is 1. The van der Waals surface area contributed by atoms with Gasteiger partial charge in [0.1, 0.15) is 11.4 Å². The number of nitrogens with zero attached hydrogens (tertiary/aromatic N) is 2. The van der Waals surface area contributed by atoms with Crippen LogP contribution in [0.25, 0.3) is 44.0 Å². The number of H-pyrrole nitrogens is 2. The summed E-state index contributed by atoms with van der Waals surface area (Å²) < 4.78 is 0. The number of aromatic amines is 2. The number of hydrogen-bond donors (Lipinski definition) is 4. The second-order valence-corrected chi connectivity index (χ2v) is 8.63. The van der Waals surface area contributed by atoms with Crippen LogP contribution in [0.3, 0.4) is 0 Å². The van der Waals surface area contributed by atoms with Crippen LogP contribution in [0.5, 0.6) is 5.75 Å². The maximum absolute atomic E-state index is 13.4. The number of aromatic nitrogens is 3. The first-order chi connectivity index (χ1) is 15.5. The van der Waals surface area contributed by atoms with E-state index in [1.54, 1.807) is 24.3 Å². The van der Waals surface area contributed by atoms with Crippen LogP contribution < -0.4 is 16.2 Å². The Morgan fingerprint density at radius 2 is 1.94 bits per heavy atom. The maximum Gasteiger partial charge on any atom is 0.258 e. The Morgan fingerprint density at radius 3 is 2.69 bits per heavy atom. The van der Waals surface area contributed by atoms with Gasteiger partial charge in [0, 0.05) is 52.7 Å². The predicted octanol–water partition coefficient (Wildman–Crippen LogP) is 3.78. The molecule has 0 amide bonds. The summed E-state index contributed by atoms with van der Waals surface area (Å²) >= 11 is 0. The van der Waals surface area contributed by atoms with Crippen molar-refractivity contribution in [1.82, 2.24) is 15.0 Å². The highest BCUT2D eigenvalue weighted by Crippen LogP contribution is 2.37. The fourth-order valence-corrected chi connectivity index (χ4v) is 4.90. The Kier molecular flexibility index (Phi) is 4.03. The molecule has 1 aliphatic rings. The van der Waals surface area contributed by atoms with Crippen molar-refractivity contribution in [1.29, 1.82) is 0 Å². The van der Waals surface area contributed by atoms with Crippen molar-refractivity contribution in [3.05, 3.63) is 64.6 Å². The van der Waals surface area contributed by atoms with Crippen molar-refractivity contribution >= 4 is 38.4 Å². The average Bonchev–Trinajstić information content (AvgIpc) is 3.39. The molecule has 0 spiro atoms. The van der Waals surface area contributed by atoms with Crippen LogP contribution in [0, 0.1) is 6.92 Å². The monoisotopic (exact) mass is 425 g/mol. The number of fused-ring (bicyclic) bond motifs is 5. The minimum absolute atomic E-state index is 0.170. The lowest BCUT2D eigenvalue weighted by Crippen LogP contribution is -2.26. The minimum atomic E-state index is -0.180. The van der Waals surface area contributed by atoms with Gasteiger partial charge in [0.15, 0.2) is 0 Å². The van der Waals surface area contributed by atoms with E-state index in [9.17, 15) is 9.90 Å². The average molecular weight is 425 g/mol. The normalized spacial score (nSPS) is 16.6. The highest BCUT2D eigenvalue weighted by molar-refractivity contribution is 6.22. The Bertz CT molecular complexity index is 1570. The molecule has 32 heavy (non-hydrogen) atoms. The summed E-state index contributed by atoms with van der Waals surface area (Å²) in [6.07, 6.45) is 2.89. The van der Waals surface area contributed by atoms with Crippen molar-refractivity contribution in [2.75, 3.05) is 18.0 Å². The van der Waals surface area contributed by atoms with Crippen LogP contribution in [0.2, 0.25) is 0 Å². The van der Waals surface area contributed by atoms with E-state index in [0.717, 1.165) is 63.6 Å². The quantitative estimate of drug-likeness (QED) is 0.322. The zero-order valence-electron chi connectivity index (χ0n) is 17.6. The Balaban J connectivity index is 1.70. The van der Waals surface area contributed by atoms with Crippen LogP contribution in [0.4, 0.5) is 5.69 Å². The highest BCUT2D eigenvalue weighted by Gasteiger charge is 2.22. The van der Waals surface area contributed by atoms with Crippen LogP contribution >= 0.6 is 0 Å². The molecule has 2 aromatic carbocycles. The standard InChI is InChI=1S/C25H23N5O2/c1-13-11-27-24-20(13)21-18-7-4-16(30-9-8-15(26)12-30)10-19(18)28-25(32)22(21)23(29-24)14-2-5-17(31)6-3-14/h2-7,10-11,15,31H,8-9,12,26H2,1H3,(H,27,29)(H,28,32)/t15-/m1/s1. The van der Waals surface area contributed by atoms with Crippen molar-refractivity contribution in [3.8, 4) is 17.0 Å². The van der Waals surface area contributed by atoms with E-state index >= 15 is 0 Å². The molecule has 1 saturated heterocycles. The second kappa shape index (κ2) is 6.83. The molecule has 5 aromatic rings. The lowest BCUT2D eigenvalue weighted by molar-refractivity contribution is 0.475. The van der Waals surface area contributed by atoms with E-state index in [0.29, 0.717) is 11.1 Å². The highest BCUT2D eigenvalue weighted by atomic mass is 16.3. The third-order valence-corrected chi connectivity index (χ3v) is 6.50. The largest absolute Gasteiger partial charge is 0.508 e. The number of benzene rings is 2. The van der Waals surface area contributed by atoms with Gasteiger partial charge < -0.3 is 25.7 Å². The van der Waals surface area contributed by atoms with E-state index in [4.69, 9.17) is 10.7 Å². The third-order valence-electron chi connectivity index (χ3n) is 6.50. The Labute approximate surface area is 183 Å². The zero-order chi connectivity index (χ0) is 22.0. The number of aryl methyl sites for hydroxylation is 1. The number of nitrogens with one attached hydrogen (secondary N) is 2. The molecule has 1 atom stereocenters. The van der Waals surface area contributed by atoms with E-state index in [1.165, 1.54) is 0 Å². The van der Waals surface area contributed by atoms with E-state index in [2.05, 4.69) is 27.0 Å². The number of pyridine rings is 2. The van der Waals surface area contributed by atoms with Gasteiger partial charge in [-0.05, 0) is 55.3 Å². The minimum Gasteiger partial charge on any atom is -0.508 e. The fraction of sp³-hybridized carbons (Fsp3) is 0.200. The summed E-state index contributed by atoms with van der Waals surface area (Å²) in [5.41, 5.74) is 10.9. The summed E-state index contributed by atoms with van der Waals surface area (Å²) in [6, 6.07) is 13.2. The molecule has 1 aliphatic heterocycles. The third kappa shape index (κ3) is 2.78. The van der Waals surface area contributed by atoms with Gasteiger partial charge in [0.05, 0.1) is 16.6 Å². The molecule has 7 heteroatoms. The molecule has 160 valence electrons. The molecule has 5 N–H and O–H groups in total. The summed E-state index contributed by atoms with van der Waals surface area (Å²) in [6.45, 7) is 3.76. The van der Waals surface area contributed by atoms with Gasteiger partial charge in [-0.1, -0.05) is 6.07 Å². The molecular formula is C25H23N5O2. The predicted molar refractivity (Wildman–Crippen MR) is 128 cm³/mol. The van der Waals surface area contributed by atoms with Gasteiger partial charge in [-0.3, -0.25) is 4.79 Å². The van der Waals surface area contributed by atoms with E-state index in [1.807, 2.05) is 19.2 Å². The van der Waals surface area contributed by atoms with Gasteiger partial charge in [-0.2, -0.15) is 0 Å². The van der Waals surface area contributed by atoms with Gasteiger partial charge in [0.2, 0.25) is 0 Å². The Morgan fingerprint density at radius 1 is 1.12 bits per heavy atom. The first kappa shape index (κ1) is 18.9. The van der Waals surface area contributed by atoms with Gasteiger partial charge in [-0.15, -0.1) is 0 Å². The maximum atomic E-state index is 13.4. The van der Waals surface area contributed by atoms with Crippen molar-refractivity contribution < 1.29 is 5.11 Å². The number of phenolic OH excluding ortho intramolecular Hbond substituents is 1. The Hall–Kier alpha value is -3.84. The SMILES string of the molecule is Cc1c[nH]c2nc(-c3ccc(O)cc3)c3c(=O)[nH]c4cc(N5CC[C@@H](N)C5)ccc4c3c12. The number of aromatic hydroxyl groups is 1. The zero-order valence-corrected chi connectivity index (χ0v) is 17.6. The van der Waals surface area contributed by atoms with Gasteiger partial charge in [-0.25, -0.2) is 4.98 Å². The van der Waals surface area contributed by atoms with Gasteiger partial charge in [0.25, 0.3) is 5.56 Å². The van der Waals surface area contributed by atoms with Crippen LogP contribution in [0.15, 0.2) is 53.5 Å². The summed E-state index contributed by atoms with van der Waals surface area (Å²) in [5.74, 6) is 0.170. The van der Waals surface area contributed by atoms with E-state index < -0.39 is 0 Å². The van der Waals surface area contributed by atoms with E-state index in [-0.39, 0.29) is 17.4 Å². The van der Waals surface area contributed by atoms with Gasteiger partial charge >= 0.3 is 0 Å². The van der Waals surface area contributed by atoms with Crippen molar-refractivity contribution in [2.45, 2.75) is 19.4 Å². The molecule has 7 nitrogen and oxygen atoms in total.